The van der Waals surface area contributed by atoms with E-state index in [1.807, 2.05) is 19.9 Å². The number of nitrogens with zero attached hydrogens (tertiary/aromatic N) is 5. The van der Waals surface area contributed by atoms with Crippen molar-refractivity contribution in [3.63, 3.8) is 0 Å². The summed E-state index contributed by atoms with van der Waals surface area (Å²) in [6.45, 7) is 4.49. The summed E-state index contributed by atoms with van der Waals surface area (Å²) >= 11 is 0. The van der Waals surface area contributed by atoms with Gasteiger partial charge in [-0.05, 0) is 13.8 Å². The first-order valence-electron chi connectivity index (χ1n) is 5.84. The Hall–Kier alpha value is -2.62. The highest BCUT2D eigenvalue weighted by atomic mass is 16.1. The second kappa shape index (κ2) is 4.94. The summed E-state index contributed by atoms with van der Waals surface area (Å²) in [7, 11) is 1.67. The third-order valence-electron chi connectivity index (χ3n) is 2.94. The molecule has 19 heavy (non-hydrogen) atoms. The van der Waals surface area contributed by atoms with Gasteiger partial charge in [-0.3, -0.25) is 14.2 Å². The Labute approximate surface area is 110 Å². The maximum absolute atomic E-state index is 12.2. The summed E-state index contributed by atoms with van der Waals surface area (Å²) < 4.78 is 3.19. The molecule has 7 heteroatoms. The molecule has 2 heterocycles. The molecule has 0 aliphatic rings. The van der Waals surface area contributed by atoms with Crippen molar-refractivity contribution in [2.45, 2.75) is 20.4 Å². The molecule has 98 valence electrons. The minimum Gasteiger partial charge on any atom is -0.306 e. The van der Waals surface area contributed by atoms with Gasteiger partial charge in [0.05, 0.1) is 18.0 Å². The van der Waals surface area contributed by atoms with Crippen LogP contribution in [0.25, 0.3) is 0 Å². The number of carbonyl (C=O) groups excluding carboxylic acids is 1. The Morgan fingerprint density at radius 1 is 1.47 bits per heavy atom. The molecule has 0 aliphatic carbocycles. The molecular formula is C12H14N6O. The molecule has 2 aromatic heterocycles. The van der Waals surface area contributed by atoms with Gasteiger partial charge in [0.2, 0.25) is 0 Å². The summed E-state index contributed by atoms with van der Waals surface area (Å²) in [6.07, 6.45) is 2.94. The lowest BCUT2D eigenvalue weighted by atomic mass is 10.2. The highest BCUT2D eigenvalue weighted by molar-refractivity contribution is 6.05. The molecule has 0 radical (unpaired) electrons. The summed E-state index contributed by atoms with van der Waals surface area (Å²) in [4.78, 5) is 12.2. The molecule has 0 unspecified atom stereocenters. The summed E-state index contributed by atoms with van der Waals surface area (Å²) in [6, 6.07) is 1.99. The monoisotopic (exact) mass is 258 g/mol. The molecule has 0 aromatic carbocycles. The lowest BCUT2D eigenvalue weighted by Crippen LogP contribution is -2.16. The van der Waals surface area contributed by atoms with E-state index in [1.165, 1.54) is 17.1 Å². The fourth-order valence-corrected chi connectivity index (χ4v) is 1.83. The van der Waals surface area contributed by atoms with Crippen LogP contribution in [0.3, 0.4) is 0 Å². The molecule has 7 nitrogen and oxygen atoms in total. The average molecular weight is 258 g/mol. The molecule has 0 saturated heterocycles. The highest BCUT2D eigenvalue weighted by Gasteiger charge is 2.17. The zero-order valence-corrected chi connectivity index (χ0v) is 11.0. The van der Waals surface area contributed by atoms with Gasteiger partial charge >= 0.3 is 0 Å². The maximum Gasteiger partial charge on any atom is 0.260 e. The molecule has 2 rings (SSSR count). The molecule has 0 fully saturated rings. The second-order valence-electron chi connectivity index (χ2n) is 4.06. The van der Waals surface area contributed by atoms with Crippen LogP contribution in [-0.2, 0) is 13.6 Å². The van der Waals surface area contributed by atoms with E-state index in [1.54, 1.807) is 11.7 Å². The summed E-state index contributed by atoms with van der Waals surface area (Å²) in [5.41, 5.74) is 1.61. The van der Waals surface area contributed by atoms with E-state index in [0.717, 1.165) is 5.69 Å². The number of hydrogen-bond donors (Lipinski definition) is 1. The van der Waals surface area contributed by atoms with Crippen molar-refractivity contribution in [2.24, 2.45) is 7.05 Å². The number of anilines is 1. The SMILES string of the molecule is CCn1ncc(C(=O)Nc2c(C#N)cnn2C)c1C. The normalized spacial score (nSPS) is 10.2. The standard InChI is InChI=1S/C12H14N6O/c1-4-18-8(2)10(7-15-18)12(19)16-11-9(5-13)6-14-17(11)3/h6-7H,4H2,1-3H3,(H,16,19). The largest absolute Gasteiger partial charge is 0.306 e. The predicted molar refractivity (Wildman–Crippen MR) is 68.5 cm³/mol. The molecule has 0 bridgehead atoms. The number of nitrogens with one attached hydrogen (secondary N) is 1. The molecule has 0 atom stereocenters. The van der Waals surface area contributed by atoms with Crippen LogP contribution in [0.1, 0.15) is 28.5 Å². The van der Waals surface area contributed by atoms with Crippen LogP contribution >= 0.6 is 0 Å². The van der Waals surface area contributed by atoms with Gasteiger partial charge in [-0.2, -0.15) is 15.5 Å². The number of amides is 1. The van der Waals surface area contributed by atoms with Gasteiger partial charge in [-0.25, -0.2) is 0 Å². The van der Waals surface area contributed by atoms with Crippen LogP contribution < -0.4 is 5.32 Å². The number of aryl methyl sites for hydroxylation is 2. The number of rotatable bonds is 3. The first-order valence-corrected chi connectivity index (χ1v) is 5.84. The zero-order valence-electron chi connectivity index (χ0n) is 11.0. The number of nitriles is 1. The second-order valence-corrected chi connectivity index (χ2v) is 4.06. The van der Waals surface area contributed by atoms with Crippen LogP contribution in [-0.4, -0.2) is 25.5 Å². The minimum atomic E-state index is -0.294. The molecule has 2 aromatic rings. The molecule has 0 aliphatic heterocycles. The third-order valence-corrected chi connectivity index (χ3v) is 2.94. The number of aromatic nitrogens is 4. The van der Waals surface area contributed by atoms with E-state index in [4.69, 9.17) is 5.26 Å². The van der Waals surface area contributed by atoms with Gasteiger partial charge in [0, 0.05) is 19.3 Å². The van der Waals surface area contributed by atoms with E-state index in [0.29, 0.717) is 23.5 Å². The zero-order chi connectivity index (χ0) is 14.0. The minimum absolute atomic E-state index is 0.294. The van der Waals surface area contributed by atoms with Crippen molar-refractivity contribution in [3.8, 4) is 6.07 Å². The van der Waals surface area contributed by atoms with Crippen molar-refractivity contribution in [1.82, 2.24) is 19.6 Å². The van der Waals surface area contributed by atoms with Crippen molar-refractivity contribution < 1.29 is 4.79 Å². The van der Waals surface area contributed by atoms with Gasteiger partial charge in [0.15, 0.2) is 0 Å². The van der Waals surface area contributed by atoms with Crippen LogP contribution in [0.2, 0.25) is 0 Å². The smallest absolute Gasteiger partial charge is 0.260 e. The average Bonchev–Trinajstić information content (AvgIpc) is 2.93. The quantitative estimate of drug-likeness (QED) is 0.891. The highest BCUT2D eigenvalue weighted by Crippen LogP contribution is 2.15. The van der Waals surface area contributed by atoms with E-state index in [-0.39, 0.29) is 5.91 Å². The van der Waals surface area contributed by atoms with Crippen LogP contribution in [0, 0.1) is 18.3 Å². The topological polar surface area (TPSA) is 88.5 Å². The van der Waals surface area contributed by atoms with Gasteiger partial charge in [-0.1, -0.05) is 0 Å². The lowest BCUT2D eigenvalue weighted by molar-refractivity contribution is 0.102. The van der Waals surface area contributed by atoms with Crippen LogP contribution in [0.15, 0.2) is 12.4 Å². The molecule has 0 saturated carbocycles. The van der Waals surface area contributed by atoms with Crippen molar-refractivity contribution in [2.75, 3.05) is 5.32 Å². The first-order chi connectivity index (χ1) is 9.08. The van der Waals surface area contributed by atoms with E-state index in [9.17, 15) is 4.79 Å². The lowest BCUT2D eigenvalue weighted by Gasteiger charge is -2.06. The summed E-state index contributed by atoms with van der Waals surface area (Å²) in [5, 5.41) is 19.7. The molecule has 1 amide bonds. The van der Waals surface area contributed by atoms with E-state index in [2.05, 4.69) is 15.5 Å². The van der Waals surface area contributed by atoms with E-state index < -0.39 is 0 Å². The first kappa shape index (κ1) is 12.8. The Kier molecular flexibility index (Phi) is 3.33. The number of hydrogen-bond acceptors (Lipinski definition) is 4. The van der Waals surface area contributed by atoms with Crippen molar-refractivity contribution in [3.05, 3.63) is 29.2 Å². The molecular weight excluding hydrogens is 244 g/mol. The van der Waals surface area contributed by atoms with Crippen molar-refractivity contribution in [1.29, 1.82) is 5.26 Å². The Bertz CT molecular complexity index is 660. The Morgan fingerprint density at radius 3 is 2.79 bits per heavy atom. The fourth-order valence-electron chi connectivity index (χ4n) is 1.83. The third kappa shape index (κ3) is 2.20. The van der Waals surface area contributed by atoms with Gasteiger partial charge in [0.1, 0.15) is 17.5 Å². The predicted octanol–water partition coefficient (Wildman–Crippen LogP) is 1.07. The maximum atomic E-state index is 12.2. The molecule has 0 spiro atoms. The van der Waals surface area contributed by atoms with Crippen molar-refractivity contribution >= 4 is 11.7 Å². The van der Waals surface area contributed by atoms with Crippen LogP contribution in [0.5, 0.6) is 0 Å². The Balaban J connectivity index is 2.29. The van der Waals surface area contributed by atoms with Gasteiger partial charge in [0.25, 0.3) is 5.91 Å². The van der Waals surface area contributed by atoms with Gasteiger partial charge < -0.3 is 5.32 Å². The molecule has 1 N–H and O–H groups in total. The Morgan fingerprint density at radius 2 is 2.21 bits per heavy atom. The van der Waals surface area contributed by atoms with Crippen LogP contribution in [0.4, 0.5) is 5.82 Å². The summed E-state index contributed by atoms with van der Waals surface area (Å²) in [5.74, 6) is 0.0912. The van der Waals surface area contributed by atoms with Gasteiger partial charge in [-0.15, -0.1) is 0 Å². The fraction of sp³-hybridized carbons (Fsp3) is 0.333. The number of carbonyl (C=O) groups is 1. The van der Waals surface area contributed by atoms with E-state index >= 15 is 0 Å².